The fourth-order valence-electron chi connectivity index (χ4n) is 1.22. The van der Waals surface area contributed by atoms with Crippen LogP contribution in [0.2, 0.25) is 0 Å². The molecule has 1 N–H and O–H groups in total. The molecule has 4 nitrogen and oxygen atoms in total. The third-order valence-electron chi connectivity index (χ3n) is 2.03. The minimum absolute atomic E-state index is 0.0901. The number of pyridine rings is 1. The number of hydrogen-bond donors (Lipinski definition) is 1. The fourth-order valence-corrected chi connectivity index (χ4v) is 2.59. The second kappa shape index (κ2) is 6.83. The first-order chi connectivity index (χ1) is 7.64. The molecule has 0 aliphatic carbocycles. The topological polar surface area (TPSA) is 59.1 Å². The maximum Gasteiger partial charge on any atom is 0.211 e. The second-order valence-electron chi connectivity index (χ2n) is 3.36. The number of hydrogen-bond acceptors (Lipinski definition) is 3. The predicted octanol–water partition coefficient (Wildman–Crippen LogP) is 1.17. The van der Waals surface area contributed by atoms with E-state index in [1.165, 1.54) is 0 Å². The van der Waals surface area contributed by atoms with Crippen LogP contribution in [0.15, 0.2) is 24.5 Å². The third-order valence-corrected chi connectivity index (χ3v) is 3.77. The molecule has 0 aliphatic heterocycles. The van der Waals surface area contributed by atoms with E-state index in [1.807, 2.05) is 12.1 Å². The lowest BCUT2D eigenvalue weighted by Gasteiger charge is -2.05. The number of nitrogens with one attached hydrogen (secondary N) is 1. The summed E-state index contributed by atoms with van der Waals surface area (Å²) in [5, 5.41) is 0. The van der Waals surface area contributed by atoms with Crippen LogP contribution in [0, 0.1) is 0 Å². The SMILES string of the molecule is O=S(=O)(CCCCl)NCCc1ccncc1. The van der Waals surface area contributed by atoms with Gasteiger partial charge in [-0.2, -0.15) is 0 Å². The molecule has 1 aromatic rings. The number of aromatic nitrogens is 1. The standard InChI is InChI=1S/C10H15ClN2O2S/c11-5-1-9-16(14,15)13-8-4-10-2-6-12-7-3-10/h2-3,6-7,13H,1,4-5,8-9H2. The summed E-state index contributed by atoms with van der Waals surface area (Å²) >= 11 is 5.44. The van der Waals surface area contributed by atoms with Gasteiger partial charge in [-0.3, -0.25) is 4.98 Å². The maximum atomic E-state index is 11.4. The van der Waals surface area contributed by atoms with E-state index < -0.39 is 10.0 Å². The summed E-state index contributed by atoms with van der Waals surface area (Å²) < 4.78 is 25.3. The molecular formula is C10H15ClN2O2S. The van der Waals surface area contributed by atoms with E-state index in [4.69, 9.17) is 11.6 Å². The lowest BCUT2D eigenvalue weighted by molar-refractivity contribution is 0.580. The fraction of sp³-hybridized carbons (Fsp3) is 0.500. The van der Waals surface area contributed by atoms with Crippen molar-refractivity contribution in [3.8, 4) is 0 Å². The van der Waals surface area contributed by atoms with Gasteiger partial charge in [-0.05, 0) is 30.5 Å². The molecule has 0 unspecified atom stereocenters. The van der Waals surface area contributed by atoms with Crippen molar-refractivity contribution in [2.75, 3.05) is 18.2 Å². The molecule has 0 fully saturated rings. The molecule has 0 radical (unpaired) electrons. The molecule has 1 rings (SSSR count). The molecule has 16 heavy (non-hydrogen) atoms. The van der Waals surface area contributed by atoms with Crippen LogP contribution in [0.25, 0.3) is 0 Å². The average Bonchev–Trinajstić information content (AvgIpc) is 2.28. The largest absolute Gasteiger partial charge is 0.265 e. The number of sulfonamides is 1. The van der Waals surface area contributed by atoms with Crippen LogP contribution >= 0.6 is 11.6 Å². The van der Waals surface area contributed by atoms with Crippen LogP contribution in [0.1, 0.15) is 12.0 Å². The number of alkyl halides is 1. The van der Waals surface area contributed by atoms with Gasteiger partial charge < -0.3 is 0 Å². The van der Waals surface area contributed by atoms with Crippen molar-refractivity contribution in [3.05, 3.63) is 30.1 Å². The van der Waals surface area contributed by atoms with Crippen LogP contribution in [-0.4, -0.2) is 31.6 Å². The Balaban J connectivity index is 2.30. The van der Waals surface area contributed by atoms with E-state index in [2.05, 4.69) is 9.71 Å². The Morgan fingerprint density at radius 2 is 2.00 bits per heavy atom. The molecule has 0 aliphatic rings. The molecule has 6 heteroatoms. The van der Waals surface area contributed by atoms with Gasteiger partial charge in [0.1, 0.15) is 0 Å². The van der Waals surface area contributed by atoms with E-state index >= 15 is 0 Å². The zero-order valence-corrected chi connectivity index (χ0v) is 10.5. The van der Waals surface area contributed by atoms with Crippen molar-refractivity contribution in [2.24, 2.45) is 0 Å². The van der Waals surface area contributed by atoms with E-state index in [0.29, 0.717) is 25.3 Å². The van der Waals surface area contributed by atoms with Crippen molar-refractivity contribution < 1.29 is 8.42 Å². The van der Waals surface area contributed by atoms with Gasteiger partial charge in [-0.15, -0.1) is 11.6 Å². The second-order valence-corrected chi connectivity index (χ2v) is 5.67. The van der Waals surface area contributed by atoms with Gasteiger partial charge in [-0.1, -0.05) is 0 Å². The van der Waals surface area contributed by atoms with E-state index in [-0.39, 0.29) is 5.75 Å². The Kier molecular flexibility index (Phi) is 5.73. The summed E-state index contributed by atoms with van der Waals surface area (Å²) in [6.07, 6.45) is 4.53. The lowest BCUT2D eigenvalue weighted by Crippen LogP contribution is -2.28. The highest BCUT2D eigenvalue weighted by Gasteiger charge is 2.08. The summed E-state index contributed by atoms with van der Waals surface area (Å²) in [4.78, 5) is 3.89. The van der Waals surface area contributed by atoms with Crippen LogP contribution in [0.4, 0.5) is 0 Å². The van der Waals surface area contributed by atoms with Crippen LogP contribution in [0.5, 0.6) is 0 Å². The molecule has 1 heterocycles. The monoisotopic (exact) mass is 262 g/mol. The first-order valence-corrected chi connectivity index (χ1v) is 7.25. The first-order valence-electron chi connectivity index (χ1n) is 5.06. The number of nitrogens with zero attached hydrogens (tertiary/aromatic N) is 1. The lowest BCUT2D eigenvalue weighted by atomic mass is 10.2. The van der Waals surface area contributed by atoms with Crippen molar-refractivity contribution in [1.29, 1.82) is 0 Å². The predicted molar refractivity (Wildman–Crippen MR) is 65.1 cm³/mol. The third kappa shape index (κ3) is 5.44. The highest BCUT2D eigenvalue weighted by molar-refractivity contribution is 7.89. The van der Waals surface area contributed by atoms with Crippen molar-refractivity contribution in [3.63, 3.8) is 0 Å². The minimum Gasteiger partial charge on any atom is -0.265 e. The normalized spacial score (nSPS) is 11.6. The van der Waals surface area contributed by atoms with E-state index in [1.54, 1.807) is 12.4 Å². The molecule has 0 amide bonds. The summed E-state index contributed by atoms with van der Waals surface area (Å²) in [6, 6.07) is 3.74. The van der Waals surface area contributed by atoms with Gasteiger partial charge in [0.2, 0.25) is 10.0 Å². The number of halogens is 1. The van der Waals surface area contributed by atoms with Crippen LogP contribution < -0.4 is 4.72 Å². The van der Waals surface area contributed by atoms with Gasteiger partial charge in [0.25, 0.3) is 0 Å². The van der Waals surface area contributed by atoms with Gasteiger partial charge in [-0.25, -0.2) is 13.1 Å². The Hall–Kier alpha value is -0.650. The van der Waals surface area contributed by atoms with E-state index in [9.17, 15) is 8.42 Å². The summed E-state index contributed by atoms with van der Waals surface area (Å²) in [5.74, 6) is 0.456. The Bertz CT molecular complexity index is 395. The van der Waals surface area contributed by atoms with Gasteiger partial charge in [0.15, 0.2) is 0 Å². The smallest absolute Gasteiger partial charge is 0.211 e. The van der Waals surface area contributed by atoms with Crippen LogP contribution in [0.3, 0.4) is 0 Å². The molecule has 90 valence electrons. The molecular weight excluding hydrogens is 248 g/mol. The highest BCUT2D eigenvalue weighted by Crippen LogP contribution is 1.97. The highest BCUT2D eigenvalue weighted by atomic mass is 35.5. The summed E-state index contributed by atoms with van der Waals surface area (Å²) in [7, 11) is -3.16. The van der Waals surface area contributed by atoms with Gasteiger partial charge >= 0.3 is 0 Å². The van der Waals surface area contributed by atoms with Gasteiger partial charge in [0, 0.05) is 24.8 Å². The molecule has 0 saturated heterocycles. The molecule has 0 aromatic carbocycles. The Labute approximate surface area is 101 Å². The minimum atomic E-state index is -3.16. The molecule has 0 spiro atoms. The zero-order chi connectivity index (χ0) is 11.9. The molecule has 1 aromatic heterocycles. The Morgan fingerprint density at radius 1 is 1.31 bits per heavy atom. The zero-order valence-electron chi connectivity index (χ0n) is 8.89. The quantitative estimate of drug-likeness (QED) is 0.751. The summed E-state index contributed by atoms with van der Waals surface area (Å²) in [6.45, 7) is 0.411. The van der Waals surface area contributed by atoms with Crippen molar-refractivity contribution >= 4 is 21.6 Å². The van der Waals surface area contributed by atoms with E-state index in [0.717, 1.165) is 5.56 Å². The first kappa shape index (κ1) is 13.4. The Morgan fingerprint density at radius 3 is 2.62 bits per heavy atom. The number of rotatable bonds is 7. The molecule has 0 bridgehead atoms. The average molecular weight is 263 g/mol. The molecule has 0 atom stereocenters. The van der Waals surface area contributed by atoms with Crippen LogP contribution in [-0.2, 0) is 16.4 Å². The molecule has 0 saturated carbocycles. The summed E-state index contributed by atoms with van der Waals surface area (Å²) in [5.41, 5.74) is 1.06. The van der Waals surface area contributed by atoms with Crippen molar-refractivity contribution in [2.45, 2.75) is 12.8 Å². The van der Waals surface area contributed by atoms with Gasteiger partial charge in [0.05, 0.1) is 5.75 Å². The maximum absolute atomic E-state index is 11.4. The van der Waals surface area contributed by atoms with Crippen molar-refractivity contribution in [1.82, 2.24) is 9.71 Å².